The van der Waals surface area contributed by atoms with E-state index in [-0.39, 0.29) is 11.6 Å². The molecule has 0 saturated carbocycles. The Bertz CT molecular complexity index is 958. The third-order valence-corrected chi connectivity index (χ3v) is 6.23. The Morgan fingerprint density at radius 3 is 2.66 bits per heavy atom. The molecule has 1 amide bonds. The van der Waals surface area contributed by atoms with Crippen LogP contribution >= 0.6 is 0 Å². The van der Waals surface area contributed by atoms with Gasteiger partial charge in [0, 0.05) is 44.5 Å². The SMILES string of the molecule is CN1CCCc2cc([C@H](CNC(=O)c3cccc(C(F)(F)F)c3)N3CCOCC3)ccc21. The second-order valence-electron chi connectivity index (χ2n) is 8.37. The summed E-state index contributed by atoms with van der Waals surface area (Å²) in [7, 11) is 2.09. The molecule has 0 spiro atoms. The maximum Gasteiger partial charge on any atom is 0.416 e. The van der Waals surface area contributed by atoms with Crippen LogP contribution in [-0.4, -0.2) is 57.2 Å². The first-order valence-electron chi connectivity index (χ1n) is 10.9. The van der Waals surface area contributed by atoms with Crippen LogP contribution in [0.3, 0.4) is 0 Å². The maximum atomic E-state index is 13.0. The molecule has 1 fully saturated rings. The molecule has 1 atom stereocenters. The van der Waals surface area contributed by atoms with E-state index in [0.29, 0.717) is 19.8 Å². The van der Waals surface area contributed by atoms with Gasteiger partial charge in [-0.2, -0.15) is 13.2 Å². The van der Waals surface area contributed by atoms with Gasteiger partial charge in [0.25, 0.3) is 5.91 Å². The highest BCUT2D eigenvalue weighted by Crippen LogP contribution is 2.31. The highest BCUT2D eigenvalue weighted by molar-refractivity contribution is 5.94. The van der Waals surface area contributed by atoms with Crippen LogP contribution in [0.4, 0.5) is 18.9 Å². The van der Waals surface area contributed by atoms with Gasteiger partial charge in [-0.3, -0.25) is 9.69 Å². The minimum Gasteiger partial charge on any atom is -0.379 e. The molecule has 0 bridgehead atoms. The van der Waals surface area contributed by atoms with Gasteiger partial charge >= 0.3 is 6.18 Å². The standard InChI is InChI=1S/C24H28F3N3O2/c1-29-9-3-5-17-14-18(7-8-21(17)29)22(30-10-12-32-13-11-30)16-28-23(31)19-4-2-6-20(15-19)24(25,26)27/h2,4,6-8,14-15,22H,3,5,9-13,16H2,1H3,(H,28,31)/t22-/m0/s1. The quantitative estimate of drug-likeness (QED) is 0.756. The van der Waals surface area contributed by atoms with Gasteiger partial charge in [0.1, 0.15) is 0 Å². The normalized spacial score (nSPS) is 18.2. The Morgan fingerprint density at radius 1 is 1.12 bits per heavy atom. The number of nitrogens with zero attached hydrogens (tertiary/aromatic N) is 2. The van der Waals surface area contributed by atoms with Crippen molar-refractivity contribution in [1.82, 2.24) is 10.2 Å². The van der Waals surface area contributed by atoms with E-state index >= 15 is 0 Å². The van der Waals surface area contributed by atoms with E-state index in [1.54, 1.807) is 0 Å². The summed E-state index contributed by atoms with van der Waals surface area (Å²) in [5.41, 5.74) is 2.80. The van der Waals surface area contributed by atoms with Crippen LogP contribution in [0.25, 0.3) is 0 Å². The highest BCUT2D eigenvalue weighted by atomic mass is 19.4. The Hall–Kier alpha value is -2.58. The summed E-state index contributed by atoms with van der Waals surface area (Å²) in [6.07, 6.45) is -2.37. The van der Waals surface area contributed by atoms with Gasteiger partial charge in [-0.25, -0.2) is 0 Å². The lowest BCUT2D eigenvalue weighted by Gasteiger charge is -2.36. The van der Waals surface area contributed by atoms with Crippen molar-refractivity contribution in [1.29, 1.82) is 0 Å². The van der Waals surface area contributed by atoms with Crippen LogP contribution in [0.15, 0.2) is 42.5 Å². The summed E-state index contributed by atoms with van der Waals surface area (Å²) in [5, 5.41) is 2.86. The number of anilines is 1. The topological polar surface area (TPSA) is 44.8 Å². The second kappa shape index (κ2) is 9.50. The van der Waals surface area contributed by atoms with Crippen LogP contribution in [0.5, 0.6) is 0 Å². The van der Waals surface area contributed by atoms with Crippen LogP contribution in [0.1, 0.15) is 39.5 Å². The lowest BCUT2D eigenvalue weighted by molar-refractivity contribution is -0.137. The predicted molar refractivity (Wildman–Crippen MR) is 117 cm³/mol. The average Bonchev–Trinajstić information content (AvgIpc) is 2.79. The van der Waals surface area contributed by atoms with E-state index in [9.17, 15) is 18.0 Å². The van der Waals surface area contributed by atoms with E-state index in [4.69, 9.17) is 4.74 Å². The van der Waals surface area contributed by atoms with E-state index in [2.05, 4.69) is 40.4 Å². The van der Waals surface area contributed by atoms with Crippen molar-refractivity contribution >= 4 is 11.6 Å². The minimum atomic E-state index is -4.48. The summed E-state index contributed by atoms with van der Waals surface area (Å²) in [6, 6.07) is 10.9. The van der Waals surface area contributed by atoms with Crippen LogP contribution in [0.2, 0.25) is 0 Å². The lowest BCUT2D eigenvalue weighted by Crippen LogP contribution is -2.44. The number of ether oxygens (including phenoxy) is 1. The van der Waals surface area contributed by atoms with E-state index in [1.807, 2.05) is 0 Å². The molecule has 4 rings (SSSR count). The first kappa shape index (κ1) is 22.6. The molecule has 32 heavy (non-hydrogen) atoms. The van der Waals surface area contributed by atoms with Gasteiger partial charge in [-0.1, -0.05) is 18.2 Å². The summed E-state index contributed by atoms with van der Waals surface area (Å²) < 4.78 is 44.6. The van der Waals surface area contributed by atoms with Gasteiger partial charge < -0.3 is 15.0 Å². The zero-order chi connectivity index (χ0) is 22.7. The van der Waals surface area contributed by atoms with Crippen molar-refractivity contribution in [3.8, 4) is 0 Å². The molecule has 0 aromatic heterocycles. The summed E-state index contributed by atoms with van der Waals surface area (Å²) in [4.78, 5) is 17.2. The first-order chi connectivity index (χ1) is 15.3. The predicted octanol–water partition coefficient (Wildman–Crippen LogP) is 3.89. The number of carbonyl (C=O) groups excluding carboxylic acids is 1. The highest BCUT2D eigenvalue weighted by Gasteiger charge is 2.31. The zero-order valence-electron chi connectivity index (χ0n) is 18.1. The fourth-order valence-corrected chi connectivity index (χ4v) is 4.49. The fraction of sp³-hybridized carbons (Fsp3) is 0.458. The molecule has 2 heterocycles. The molecule has 172 valence electrons. The molecule has 0 aliphatic carbocycles. The van der Waals surface area contributed by atoms with E-state index < -0.39 is 17.6 Å². The third kappa shape index (κ3) is 5.07. The average molecular weight is 448 g/mol. The molecule has 2 aromatic rings. The van der Waals surface area contributed by atoms with Gasteiger partial charge in [0.15, 0.2) is 0 Å². The molecule has 2 aliphatic heterocycles. The number of carbonyl (C=O) groups is 1. The molecule has 0 radical (unpaired) electrons. The second-order valence-corrected chi connectivity index (χ2v) is 8.37. The Labute approximate surface area is 186 Å². The van der Waals surface area contributed by atoms with Gasteiger partial charge in [0.05, 0.1) is 24.8 Å². The molecule has 0 unspecified atom stereocenters. The number of hydrogen-bond acceptors (Lipinski definition) is 4. The molecular formula is C24H28F3N3O2. The zero-order valence-corrected chi connectivity index (χ0v) is 18.1. The fourth-order valence-electron chi connectivity index (χ4n) is 4.49. The third-order valence-electron chi connectivity index (χ3n) is 6.23. The molecule has 1 N–H and O–H groups in total. The minimum absolute atomic E-state index is 0.00705. The van der Waals surface area contributed by atoms with Gasteiger partial charge in [0.2, 0.25) is 0 Å². The number of halogens is 3. The monoisotopic (exact) mass is 447 g/mol. The Kier molecular flexibility index (Phi) is 6.71. The summed E-state index contributed by atoms with van der Waals surface area (Å²) >= 11 is 0. The number of hydrogen-bond donors (Lipinski definition) is 1. The van der Waals surface area contributed by atoms with Gasteiger partial charge in [-0.15, -0.1) is 0 Å². The van der Waals surface area contributed by atoms with Crippen molar-refractivity contribution in [3.63, 3.8) is 0 Å². The molecular weight excluding hydrogens is 419 g/mol. The number of aryl methyl sites for hydroxylation is 1. The number of alkyl halides is 3. The number of amides is 1. The number of nitrogens with one attached hydrogen (secondary N) is 1. The number of rotatable bonds is 5. The maximum absolute atomic E-state index is 13.0. The van der Waals surface area contributed by atoms with Crippen molar-refractivity contribution < 1.29 is 22.7 Å². The van der Waals surface area contributed by atoms with E-state index in [1.165, 1.54) is 23.4 Å². The Morgan fingerprint density at radius 2 is 1.91 bits per heavy atom. The van der Waals surface area contributed by atoms with Crippen molar-refractivity contribution in [2.45, 2.75) is 25.1 Å². The van der Waals surface area contributed by atoms with Crippen LogP contribution in [-0.2, 0) is 17.3 Å². The van der Waals surface area contributed by atoms with Gasteiger partial charge in [-0.05, 0) is 48.2 Å². The molecule has 1 saturated heterocycles. The molecule has 2 aliphatic rings. The summed E-state index contributed by atoms with van der Waals surface area (Å²) in [6.45, 7) is 4.05. The number of benzene rings is 2. The van der Waals surface area contributed by atoms with E-state index in [0.717, 1.165) is 50.2 Å². The largest absolute Gasteiger partial charge is 0.416 e. The first-order valence-corrected chi connectivity index (χ1v) is 10.9. The number of morpholine rings is 1. The number of fused-ring (bicyclic) bond motifs is 1. The Balaban J connectivity index is 1.54. The molecule has 5 nitrogen and oxygen atoms in total. The lowest BCUT2D eigenvalue weighted by atomic mass is 9.95. The van der Waals surface area contributed by atoms with Crippen molar-refractivity contribution in [2.24, 2.45) is 0 Å². The molecule has 8 heteroatoms. The smallest absolute Gasteiger partial charge is 0.379 e. The van der Waals surface area contributed by atoms with Crippen molar-refractivity contribution in [2.75, 3.05) is 51.3 Å². The van der Waals surface area contributed by atoms with Crippen LogP contribution in [0, 0.1) is 0 Å². The summed E-state index contributed by atoms with van der Waals surface area (Å²) in [5.74, 6) is -0.507. The molecule has 2 aromatic carbocycles. The van der Waals surface area contributed by atoms with Crippen LogP contribution < -0.4 is 10.2 Å². The van der Waals surface area contributed by atoms with Crippen molar-refractivity contribution in [3.05, 3.63) is 64.7 Å².